The van der Waals surface area contributed by atoms with Gasteiger partial charge in [-0.15, -0.1) is 0 Å². The fourth-order valence-electron chi connectivity index (χ4n) is 2.64. The normalized spacial score (nSPS) is 11.9. The standard InChI is InChI=1S/C21H15F5N4O3/c1-32-19(31)17(9-16(27)14-8-13(22)6-7-15(14)23)28-10-11-2-4-12(5-3-11)18-29-20(33-30-18)21(24,25)26/h2-9,27-28H,10H2,1H3/b17-9-,27-16?. The number of alkyl halides is 3. The smallest absolute Gasteiger partial charge is 0.464 e. The molecule has 33 heavy (non-hydrogen) atoms. The molecule has 172 valence electrons. The van der Waals surface area contributed by atoms with Crippen molar-refractivity contribution in [3.8, 4) is 11.4 Å². The van der Waals surface area contributed by atoms with Crippen molar-refractivity contribution in [2.75, 3.05) is 7.11 Å². The lowest BCUT2D eigenvalue weighted by Gasteiger charge is -2.10. The monoisotopic (exact) mass is 466 g/mol. The quantitative estimate of drug-likeness (QED) is 0.234. The summed E-state index contributed by atoms with van der Waals surface area (Å²) in [5.74, 6) is -4.15. The minimum Gasteiger partial charge on any atom is -0.464 e. The number of rotatable bonds is 7. The molecule has 0 spiro atoms. The Labute approximate surface area is 183 Å². The summed E-state index contributed by atoms with van der Waals surface area (Å²) < 4.78 is 73.9. The summed E-state index contributed by atoms with van der Waals surface area (Å²) in [6.07, 6.45) is -3.76. The van der Waals surface area contributed by atoms with Crippen molar-refractivity contribution in [3.05, 3.63) is 82.9 Å². The summed E-state index contributed by atoms with van der Waals surface area (Å²) >= 11 is 0. The van der Waals surface area contributed by atoms with Crippen LogP contribution >= 0.6 is 0 Å². The molecule has 3 rings (SSSR count). The first-order valence-electron chi connectivity index (χ1n) is 9.16. The predicted molar refractivity (Wildman–Crippen MR) is 105 cm³/mol. The highest BCUT2D eigenvalue weighted by atomic mass is 19.4. The van der Waals surface area contributed by atoms with Crippen LogP contribution in [0.5, 0.6) is 0 Å². The number of ether oxygens (including phenoxy) is 1. The number of hydrogen-bond donors (Lipinski definition) is 2. The Morgan fingerprint density at radius 1 is 1.18 bits per heavy atom. The number of carbonyl (C=O) groups is 1. The topological polar surface area (TPSA) is 101 Å². The molecule has 1 heterocycles. The first kappa shape index (κ1) is 23.6. The fourth-order valence-corrected chi connectivity index (χ4v) is 2.64. The summed E-state index contributed by atoms with van der Waals surface area (Å²) in [5, 5.41) is 14.0. The molecule has 3 aromatic rings. The number of hydrogen-bond acceptors (Lipinski definition) is 7. The molecule has 1 aromatic heterocycles. The molecule has 7 nitrogen and oxygen atoms in total. The van der Waals surface area contributed by atoms with Gasteiger partial charge in [0.25, 0.3) is 0 Å². The maximum absolute atomic E-state index is 13.9. The Morgan fingerprint density at radius 3 is 2.48 bits per heavy atom. The van der Waals surface area contributed by atoms with E-state index in [-0.39, 0.29) is 29.2 Å². The Morgan fingerprint density at radius 2 is 1.88 bits per heavy atom. The van der Waals surface area contributed by atoms with E-state index in [1.807, 2.05) is 0 Å². The van der Waals surface area contributed by atoms with Gasteiger partial charge in [0.1, 0.15) is 17.3 Å². The van der Waals surface area contributed by atoms with Gasteiger partial charge in [-0.25, -0.2) is 13.6 Å². The molecule has 2 N–H and O–H groups in total. The number of halogens is 5. The average molecular weight is 466 g/mol. The number of carbonyl (C=O) groups excluding carboxylic acids is 1. The van der Waals surface area contributed by atoms with Gasteiger partial charge >= 0.3 is 18.0 Å². The summed E-state index contributed by atoms with van der Waals surface area (Å²) in [7, 11) is 1.11. The Hall–Kier alpha value is -4.09. The minimum atomic E-state index is -4.76. The van der Waals surface area contributed by atoms with Crippen molar-refractivity contribution in [2.24, 2.45) is 0 Å². The molecule has 0 aliphatic rings. The molecule has 0 aliphatic heterocycles. The van der Waals surface area contributed by atoms with Gasteiger partial charge in [0.15, 0.2) is 0 Å². The van der Waals surface area contributed by atoms with Crippen LogP contribution in [0.1, 0.15) is 17.0 Å². The highest BCUT2D eigenvalue weighted by molar-refractivity contribution is 6.10. The van der Waals surface area contributed by atoms with E-state index < -0.39 is 35.4 Å². The second kappa shape index (κ2) is 9.59. The number of nitrogens with zero attached hydrogens (tertiary/aromatic N) is 2. The molecule has 0 saturated heterocycles. The van der Waals surface area contributed by atoms with Gasteiger partial charge in [-0.1, -0.05) is 29.4 Å². The highest BCUT2D eigenvalue weighted by Gasteiger charge is 2.38. The van der Waals surface area contributed by atoms with E-state index >= 15 is 0 Å². The van der Waals surface area contributed by atoms with Crippen LogP contribution in [-0.2, 0) is 22.3 Å². The van der Waals surface area contributed by atoms with Gasteiger partial charge < -0.3 is 20.0 Å². The lowest BCUT2D eigenvalue weighted by atomic mass is 10.1. The van der Waals surface area contributed by atoms with Crippen LogP contribution in [0.25, 0.3) is 11.4 Å². The molecule has 0 unspecified atom stereocenters. The Kier molecular flexibility index (Phi) is 6.85. The van der Waals surface area contributed by atoms with Crippen LogP contribution in [0, 0.1) is 17.0 Å². The van der Waals surface area contributed by atoms with Crippen molar-refractivity contribution in [1.82, 2.24) is 15.5 Å². The second-order valence-corrected chi connectivity index (χ2v) is 6.56. The van der Waals surface area contributed by atoms with Gasteiger partial charge in [0.2, 0.25) is 5.82 Å². The van der Waals surface area contributed by atoms with Crippen molar-refractivity contribution in [2.45, 2.75) is 12.7 Å². The van der Waals surface area contributed by atoms with E-state index in [1.54, 1.807) is 12.1 Å². The molecule has 0 aliphatic carbocycles. The minimum absolute atomic E-state index is 0.0418. The van der Waals surface area contributed by atoms with Crippen LogP contribution in [0.2, 0.25) is 0 Å². The van der Waals surface area contributed by atoms with Gasteiger partial charge in [-0.2, -0.15) is 18.2 Å². The number of esters is 1. The molecule has 12 heteroatoms. The van der Waals surface area contributed by atoms with E-state index in [4.69, 9.17) is 5.41 Å². The van der Waals surface area contributed by atoms with E-state index in [0.29, 0.717) is 5.56 Å². The third-order valence-corrected chi connectivity index (χ3v) is 4.28. The van der Waals surface area contributed by atoms with Crippen LogP contribution in [0.15, 0.2) is 58.8 Å². The highest BCUT2D eigenvalue weighted by Crippen LogP contribution is 2.29. The molecule has 0 atom stereocenters. The van der Waals surface area contributed by atoms with E-state index in [1.165, 1.54) is 12.1 Å². The lowest BCUT2D eigenvalue weighted by Crippen LogP contribution is -2.22. The third-order valence-electron chi connectivity index (χ3n) is 4.28. The lowest BCUT2D eigenvalue weighted by molar-refractivity contribution is -0.159. The molecule has 0 fully saturated rings. The van der Waals surface area contributed by atoms with Crippen LogP contribution in [0.4, 0.5) is 22.0 Å². The molecule has 2 aromatic carbocycles. The third kappa shape index (κ3) is 5.79. The fraction of sp³-hybridized carbons (Fsp3) is 0.143. The van der Waals surface area contributed by atoms with Crippen LogP contribution < -0.4 is 5.32 Å². The van der Waals surface area contributed by atoms with Crippen LogP contribution in [0.3, 0.4) is 0 Å². The van der Waals surface area contributed by atoms with Gasteiger partial charge in [-0.05, 0) is 29.8 Å². The average Bonchev–Trinajstić information content (AvgIpc) is 3.29. The van der Waals surface area contributed by atoms with E-state index in [0.717, 1.165) is 31.4 Å². The van der Waals surface area contributed by atoms with Gasteiger partial charge in [0, 0.05) is 17.7 Å². The molecular weight excluding hydrogens is 451 g/mol. The van der Waals surface area contributed by atoms with Gasteiger partial charge in [0.05, 0.1) is 12.8 Å². The van der Waals surface area contributed by atoms with Crippen molar-refractivity contribution in [3.63, 3.8) is 0 Å². The maximum atomic E-state index is 13.9. The van der Waals surface area contributed by atoms with Crippen molar-refractivity contribution < 1.29 is 36.0 Å². The van der Waals surface area contributed by atoms with Crippen LogP contribution in [-0.4, -0.2) is 28.9 Å². The number of nitrogens with one attached hydrogen (secondary N) is 2. The molecule has 0 radical (unpaired) electrons. The van der Waals surface area contributed by atoms with E-state index in [2.05, 4.69) is 24.7 Å². The van der Waals surface area contributed by atoms with Crippen molar-refractivity contribution in [1.29, 1.82) is 5.41 Å². The SMILES string of the molecule is COC(=O)/C(=C/C(=N)c1cc(F)ccc1F)NCc1ccc(-c2noc(C(F)(F)F)n2)cc1. The predicted octanol–water partition coefficient (Wildman–Crippen LogP) is 4.25. The summed E-state index contributed by atoms with van der Waals surface area (Å²) in [4.78, 5) is 15.3. The molecule has 0 bridgehead atoms. The largest absolute Gasteiger partial charge is 0.471 e. The Bertz CT molecular complexity index is 1200. The molecule has 0 saturated carbocycles. The molecule has 0 amide bonds. The second-order valence-electron chi connectivity index (χ2n) is 6.56. The zero-order valence-corrected chi connectivity index (χ0v) is 16.8. The van der Waals surface area contributed by atoms with Crippen molar-refractivity contribution >= 4 is 11.7 Å². The number of methoxy groups -OCH3 is 1. The molecular formula is C21H15F5N4O3. The maximum Gasteiger partial charge on any atom is 0.471 e. The van der Waals surface area contributed by atoms with Gasteiger partial charge in [-0.3, -0.25) is 0 Å². The zero-order chi connectivity index (χ0) is 24.2. The summed E-state index contributed by atoms with van der Waals surface area (Å²) in [6, 6.07) is 8.57. The summed E-state index contributed by atoms with van der Waals surface area (Å²) in [6.45, 7) is 0.0418. The van der Waals surface area contributed by atoms with E-state index in [9.17, 15) is 26.7 Å². The number of aromatic nitrogens is 2. The Balaban J connectivity index is 1.74. The zero-order valence-electron chi connectivity index (χ0n) is 16.8. The first-order chi connectivity index (χ1) is 15.6. The number of benzene rings is 2. The summed E-state index contributed by atoms with van der Waals surface area (Å²) in [5.41, 5.74) is -0.140. The number of allylic oxidation sites excluding steroid dienone is 1. The first-order valence-corrected chi connectivity index (χ1v) is 9.16.